The second kappa shape index (κ2) is 3.93. The van der Waals surface area contributed by atoms with Crippen molar-refractivity contribution < 1.29 is 0 Å². The molecule has 1 heterocycles. The van der Waals surface area contributed by atoms with Gasteiger partial charge < -0.3 is 16.4 Å². The number of hydrogen-bond acceptors (Lipinski definition) is 3. The van der Waals surface area contributed by atoms with E-state index in [0.717, 1.165) is 18.8 Å². The fraction of sp³-hybridized carbons (Fsp3) is 0.417. The fourth-order valence-corrected chi connectivity index (χ4v) is 2.11. The molecule has 4 nitrogen and oxygen atoms in total. The van der Waals surface area contributed by atoms with Crippen LogP contribution in [-0.2, 0) is 0 Å². The number of rotatable bonds is 1. The zero-order valence-electron chi connectivity index (χ0n) is 9.40. The Morgan fingerprint density at radius 1 is 1.38 bits per heavy atom. The van der Waals surface area contributed by atoms with Gasteiger partial charge in [0.25, 0.3) is 0 Å². The summed E-state index contributed by atoms with van der Waals surface area (Å²) in [5.74, 6) is 0.678. The molecule has 0 radical (unpaired) electrons. The number of nitrogen functional groups attached to an aromatic ring is 2. The van der Waals surface area contributed by atoms with E-state index in [1.54, 1.807) is 6.07 Å². The molecule has 1 aliphatic rings. The highest BCUT2D eigenvalue weighted by Crippen LogP contribution is 2.37. The number of anilines is 3. The van der Waals surface area contributed by atoms with Gasteiger partial charge in [-0.1, -0.05) is 6.92 Å². The van der Waals surface area contributed by atoms with E-state index in [1.807, 2.05) is 6.07 Å². The molecule has 1 fully saturated rings. The van der Waals surface area contributed by atoms with E-state index in [9.17, 15) is 0 Å². The Balaban J connectivity index is 2.40. The van der Waals surface area contributed by atoms with Gasteiger partial charge in [-0.05, 0) is 24.5 Å². The van der Waals surface area contributed by atoms with E-state index in [1.165, 1.54) is 6.42 Å². The minimum absolute atomic E-state index is 0.488. The third-order valence-electron chi connectivity index (χ3n) is 3.07. The second-order valence-electron chi connectivity index (χ2n) is 4.42. The SMILES string of the molecule is [C-]#[N+]c1cc(N)c(N)cc1N1CC[C@H](C)C1. The van der Waals surface area contributed by atoms with Crippen LogP contribution >= 0.6 is 0 Å². The first-order valence-corrected chi connectivity index (χ1v) is 5.43. The molecule has 1 aromatic rings. The van der Waals surface area contributed by atoms with Crippen LogP contribution < -0.4 is 16.4 Å². The Bertz CT molecular complexity index is 447. The van der Waals surface area contributed by atoms with Gasteiger partial charge in [0.05, 0.1) is 12.3 Å². The average Bonchev–Trinajstić information content (AvgIpc) is 2.68. The van der Waals surface area contributed by atoms with Crippen molar-refractivity contribution in [1.29, 1.82) is 0 Å². The molecule has 4 N–H and O–H groups in total. The molecule has 0 aromatic heterocycles. The quantitative estimate of drug-likeness (QED) is 0.559. The van der Waals surface area contributed by atoms with E-state index in [4.69, 9.17) is 18.0 Å². The summed E-state index contributed by atoms with van der Waals surface area (Å²) in [5.41, 5.74) is 14.1. The van der Waals surface area contributed by atoms with Crippen molar-refractivity contribution in [3.8, 4) is 0 Å². The highest BCUT2D eigenvalue weighted by Gasteiger charge is 2.21. The first kappa shape index (κ1) is 10.6. The van der Waals surface area contributed by atoms with Crippen molar-refractivity contribution >= 4 is 22.7 Å². The summed E-state index contributed by atoms with van der Waals surface area (Å²) in [7, 11) is 0. The molecule has 1 saturated heterocycles. The van der Waals surface area contributed by atoms with E-state index in [-0.39, 0.29) is 0 Å². The third-order valence-corrected chi connectivity index (χ3v) is 3.07. The van der Waals surface area contributed by atoms with Crippen LogP contribution in [0.25, 0.3) is 4.85 Å². The summed E-state index contributed by atoms with van der Waals surface area (Å²) in [6.45, 7) is 11.4. The van der Waals surface area contributed by atoms with Gasteiger partial charge in [0, 0.05) is 24.5 Å². The van der Waals surface area contributed by atoms with Crippen LogP contribution in [0.4, 0.5) is 22.7 Å². The molecular weight excluding hydrogens is 200 g/mol. The highest BCUT2D eigenvalue weighted by atomic mass is 15.2. The molecule has 0 unspecified atom stereocenters. The van der Waals surface area contributed by atoms with Crippen LogP contribution in [0.2, 0.25) is 0 Å². The summed E-state index contributed by atoms with van der Waals surface area (Å²) >= 11 is 0. The predicted octanol–water partition coefficient (Wildman–Crippen LogP) is 2.25. The van der Waals surface area contributed by atoms with Crippen molar-refractivity contribution in [3.05, 3.63) is 23.5 Å². The molecule has 0 aliphatic carbocycles. The number of nitrogens with two attached hydrogens (primary N) is 2. The number of hydrogen-bond donors (Lipinski definition) is 2. The third kappa shape index (κ3) is 1.76. The van der Waals surface area contributed by atoms with E-state index >= 15 is 0 Å². The van der Waals surface area contributed by atoms with E-state index in [0.29, 0.717) is 23.0 Å². The molecule has 0 bridgehead atoms. The lowest BCUT2D eigenvalue weighted by atomic mass is 10.2. The Morgan fingerprint density at radius 3 is 2.62 bits per heavy atom. The van der Waals surface area contributed by atoms with Gasteiger partial charge in [-0.25, -0.2) is 4.85 Å². The summed E-state index contributed by atoms with van der Waals surface area (Å²) < 4.78 is 0. The molecule has 1 atom stereocenters. The Kier molecular flexibility index (Phi) is 2.61. The van der Waals surface area contributed by atoms with Crippen molar-refractivity contribution in [2.75, 3.05) is 29.5 Å². The van der Waals surface area contributed by atoms with Gasteiger partial charge >= 0.3 is 0 Å². The van der Waals surface area contributed by atoms with Crippen molar-refractivity contribution in [1.82, 2.24) is 0 Å². The molecule has 0 saturated carbocycles. The average molecular weight is 216 g/mol. The van der Waals surface area contributed by atoms with Gasteiger partial charge in [-0.3, -0.25) is 0 Å². The summed E-state index contributed by atoms with van der Waals surface area (Å²) in [6, 6.07) is 3.49. The summed E-state index contributed by atoms with van der Waals surface area (Å²) in [6.07, 6.45) is 1.17. The molecule has 84 valence electrons. The first-order chi connectivity index (χ1) is 7.61. The lowest BCUT2D eigenvalue weighted by Gasteiger charge is -2.21. The summed E-state index contributed by atoms with van der Waals surface area (Å²) in [5, 5.41) is 0. The maximum atomic E-state index is 7.17. The number of nitrogens with zero attached hydrogens (tertiary/aromatic N) is 2. The molecule has 2 rings (SSSR count). The largest absolute Gasteiger partial charge is 0.398 e. The predicted molar refractivity (Wildman–Crippen MR) is 67.5 cm³/mol. The van der Waals surface area contributed by atoms with Gasteiger partial charge in [0.15, 0.2) is 0 Å². The zero-order chi connectivity index (χ0) is 11.7. The van der Waals surface area contributed by atoms with Gasteiger partial charge in [-0.15, -0.1) is 0 Å². The lowest BCUT2D eigenvalue weighted by molar-refractivity contribution is 0.659. The second-order valence-corrected chi connectivity index (χ2v) is 4.42. The molecule has 0 amide bonds. The van der Waals surface area contributed by atoms with Gasteiger partial charge in [0.1, 0.15) is 0 Å². The molecule has 0 spiro atoms. The van der Waals surface area contributed by atoms with Crippen LogP contribution in [0.3, 0.4) is 0 Å². The number of benzene rings is 1. The van der Waals surface area contributed by atoms with E-state index < -0.39 is 0 Å². The van der Waals surface area contributed by atoms with Crippen molar-refractivity contribution in [2.24, 2.45) is 5.92 Å². The van der Waals surface area contributed by atoms with Crippen LogP contribution in [-0.4, -0.2) is 13.1 Å². The maximum absolute atomic E-state index is 7.17. The minimum Gasteiger partial charge on any atom is -0.398 e. The standard InChI is InChI=1S/C12H16N4/c1-8-3-4-16(7-8)12-6-10(14)9(13)5-11(12)15-2/h5-6,8H,3-4,7,13-14H2,1H3/t8-/m0/s1. The van der Waals surface area contributed by atoms with Crippen LogP contribution in [0.5, 0.6) is 0 Å². The summed E-state index contributed by atoms with van der Waals surface area (Å²) in [4.78, 5) is 5.73. The normalized spacial score (nSPS) is 19.8. The van der Waals surface area contributed by atoms with Gasteiger partial charge in [0.2, 0.25) is 5.69 Å². The van der Waals surface area contributed by atoms with Crippen LogP contribution in [0.1, 0.15) is 13.3 Å². The Morgan fingerprint density at radius 2 is 2.06 bits per heavy atom. The molecule has 16 heavy (non-hydrogen) atoms. The first-order valence-electron chi connectivity index (χ1n) is 5.43. The smallest absolute Gasteiger partial charge is 0.211 e. The highest BCUT2D eigenvalue weighted by molar-refractivity contribution is 5.82. The maximum Gasteiger partial charge on any atom is 0.211 e. The Labute approximate surface area is 95.7 Å². The molecule has 1 aliphatic heterocycles. The van der Waals surface area contributed by atoms with Crippen molar-refractivity contribution in [2.45, 2.75) is 13.3 Å². The van der Waals surface area contributed by atoms with Crippen LogP contribution in [0.15, 0.2) is 12.1 Å². The monoisotopic (exact) mass is 216 g/mol. The van der Waals surface area contributed by atoms with E-state index in [2.05, 4.69) is 16.7 Å². The molecule has 1 aromatic carbocycles. The van der Waals surface area contributed by atoms with Gasteiger partial charge in [-0.2, -0.15) is 0 Å². The fourth-order valence-electron chi connectivity index (χ4n) is 2.11. The van der Waals surface area contributed by atoms with Crippen molar-refractivity contribution in [3.63, 3.8) is 0 Å². The van der Waals surface area contributed by atoms with Crippen LogP contribution in [0, 0.1) is 12.5 Å². The zero-order valence-corrected chi connectivity index (χ0v) is 9.40. The minimum atomic E-state index is 0.488. The molecular formula is C12H16N4. The molecule has 4 heteroatoms. The lowest BCUT2D eigenvalue weighted by Crippen LogP contribution is -2.19. The Hall–Kier alpha value is -1.89. The topological polar surface area (TPSA) is 59.6 Å².